The van der Waals surface area contributed by atoms with Crippen LogP contribution in [0, 0.1) is 0 Å². The van der Waals surface area contributed by atoms with Crippen LogP contribution in [0.5, 0.6) is 0 Å². The van der Waals surface area contributed by atoms with Crippen LogP contribution in [0.2, 0.25) is 0 Å². The van der Waals surface area contributed by atoms with Crippen LogP contribution in [0.1, 0.15) is 0 Å². The lowest BCUT2D eigenvalue weighted by molar-refractivity contribution is 0.137. The molecule has 0 bridgehead atoms. The molecular formula is C2H4O3S3. The fraction of sp³-hybridized carbons (Fsp3) is 0. The Kier molecular flexibility index (Phi) is 9.65. The topological polar surface area (TPSA) is 57.5 Å². The Labute approximate surface area is 62.5 Å². The minimum atomic E-state index is -1.83. The standard InChI is InChI=1S/CH2O3.CH2S3/c2*2-1(3)4/h2*(H2,2,3,4). The molecule has 2 N–H and O–H groups in total. The molecule has 8 heavy (non-hydrogen) atoms. The molecule has 0 aromatic rings. The molecule has 0 fully saturated rings. The minimum absolute atomic E-state index is 0.389. The quantitative estimate of drug-likeness (QED) is 0.329. The highest BCUT2D eigenvalue weighted by Crippen LogP contribution is 1.83. The first-order valence-corrected chi connectivity index (χ1v) is 2.61. The van der Waals surface area contributed by atoms with Crippen molar-refractivity contribution < 1.29 is 15.0 Å². The number of rotatable bonds is 0. The Morgan fingerprint density at radius 3 is 1.38 bits per heavy atom. The van der Waals surface area contributed by atoms with Crippen molar-refractivity contribution in [1.29, 1.82) is 0 Å². The first-order valence-electron chi connectivity index (χ1n) is 1.30. The molecule has 0 saturated heterocycles. The average molecular weight is 172 g/mol. The molecule has 0 atom stereocenters. The first-order chi connectivity index (χ1) is 3.46. The van der Waals surface area contributed by atoms with E-state index in [1.54, 1.807) is 0 Å². The maximum absolute atomic E-state index is 8.56. The summed E-state index contributed by atoms with van der Waals surface area (Å²) in [4.78, 5) is 8.56. The van der Waals surface area contributed by atoms with E-state index in [1.165, 1.54) is 0 Å². The molecule has 48 valence electrons. The third-order valence-corrected chi connectivity index (χ3v) is 0. The molecule has 0 amide bonds. The summed E-state index contributed by atoms with van der Waals surface area (Å²) in [5.41, 5.74) is 0. The molecule has 0 spiro atoms. The van der Waals surface area contributed by atoms with Crippen molar-refractivity contribution in [3.8, 4) is 0 Å². The third kappa shape index (κ3) is 43100. The monoisotopic (exact) mass is 172 g/mol. The summed E-state index contributed by atoms with van der Waals surface area (Å²) in [6, 6.07) is 0. The van der Waals surface area contributed by atoms with Gasteiger partial charge >= 0.3 is 6.16 Å². The van der Waals surface area contributed by atoms with Crippen LogP contribution >= 0.6 is 37.5 Å². The van der Waals surface area contributed by atoms with Crippen LogP contribution in [0.25, 0.3) is 0 Å². The number of thiol groups is 2. The summed E-state index contributed by atoms with van der Waals surface area (Å²) < 4.78 is 0.389. The van der Waals surface area contributed by atoms with Gasteiger partial charge in [0, 0.05) is 0 Å². The Hall–Kier alpha value is 0.0600. The van der Waals surface area contributed by atoms with Gasteiger partial charge < -0.3 is 10.2 Å². The van der Waals surface area contributed by atoms with Crippen molar-refractivity contribution in [2.45, 2.75) is 0 Å². The summed E-state index contributed by atoms with van der Waals surface area (Å²) in [6.45, 7) is 0. The number of hydrogen-bond donors (Lipinski definition) is 4. The van der Waals surface area contributed by atoms with Crippen molar-refractivity contribution in [2.75, 3.05) is 0 Å². The highest BCUT2D eigenvalue weighted by atomic mass is 32.2. The second kappa shape index (κ2) is 7.06. The van der Waals surface area contributed by atoms with Crippen molar-refractivity contribution in [3.05, 3.63) is 0 Å². The highest BCUT2D eigenvalue weighted by Gasteiger charge is 1.70. The Morgan fingerprint density at radius 1 is 1.38 bits per heavy atom. The molecule has 0 unspecified atom stereocenters. The summed E-state index contributed by atoms with van der Waals surface area (Å²) in [5, 5.41) is 13.9. The van der Waals surface area contributed by atoms with Crippen LogP contribution < -0.4 is 0 Å². The van der Waals surface area contributed by atoms with Gasteiger partial charge in [0.1, 0.15) is 0 Å². The van der Waals surface area contributed by atoms with Gasteiger partial charge in [0.25, 0.3) is 0 Å². The van der Waals surface area contributed by atoms with E-state index in [9.17, 15) is 0 Å². The zero-order chi connectivity index (χ0) is 7.15. The van der Waals surface area contributed by atoms with Gasteiger partial charge in [0.05, 0.1) is 3.53 Å². The van der Waals surface area contributed by atoms with E-state index >= 15 is 0 Å². The molecule has 3 nitrogen and oxygen atoms in total. The smallest absolute Gasteiger partial charge is 0.450 e. The molecule has 0 heterocycles. The van der Waals surface area contributed by atoms with Gasteiger partial charge in [-0.3, -0.25) is 0 Å². The van der Waals surface area contributed by atoms with Gasteiger partial charge in [-0.2, -0.15) is 0 Å². The SMILES string of the molecule is O=C(O)O.S=C(S)S. The van der Waals surface area contributed by atoms with E-state index in [1.807, 2.05) is 0 Å². The van der Waals surface area contributed by atoms with Crippen LogP contribution in [-0.4, -0.2) is 19.9 Å². The molecule has 0 aromatic carbocycles. The molecule has 0 saturated carbocycles. The number of thiocarbonyl (C=S) groups is 1. The Balaban J connectivity index is 0. The molecule has 0 aliphatic carbocycles. The lowest BCUT2D eigenvalue weighted by atomic mass is 11.5. The Bertz CT molecular complexity index is 70.5. The van der Waals surface area contributed by atoms with Crippen molar-refractivity contribution in [1.82, 2.24) is 0 Å². The number of carboxylic acid groups (broad SMARTS) is 2. The van der Waals surface area contributed by atoms with Crippen molar-refractivity contribution in [3.63, 3.8) is 0 Å². The van der Waals surface area contributed by atoms with Gasteiger partial charge in [-0.05, 0) is 0 Å². The van der Waals surface area contributed by atoms with Gasteiger partial charge in [-0.1, -0.05) is 12.2 Å². The number of hydrogen-bond acceptors (Lipinski definition) is 2. The van der Waals surface area contributed by atoms with Crippen LogP contribution in [0.15, 0.2) is 0 Å². The fourth-order valence-corrected chi connectivity index (χ4v) is 0. The normalized spacial score (nSPS) is 6.25. The third-order valence-electron chi connectivity index (χ3n) is 0. The molecular weight excluding hydrogens is 168 g/mol. The molecule has 6 heteroatoms. The largest absolute Gasteiger partial charge is 0.503 e. The lowest BCUT2D eigenvalue weighted by Crippen LogP contribution is -1.81. The van der Waals surface area contributed by atoms with E-state index in [2.05, 4.69) is 37.5 Å². The van der Waals surface area contributed by atoms with E-state index in [4.69, 9.17) is 15.0 Å². The summed E-state index contributed by atoms with van der Waals surface area (Å²) in [6.07, 6.45) is -1.83. The molecule has 0 aromatic heterocycles. The molecule has 0 aliphatic rings. The summed E-state index contributed by atoms with van der Waals surface area (Å²) in [5.74, 6) is 0. The van der Waals surface area contributed by atoms with Crippen molar-refractivity contribution in [2.24, 2.45) is 0 Å². The second-order valence-corrected chi connectivity index (χ2v) is 2.83. The number of carbonyl (C=O) groups is 1. The van der Waals surface area contributed by atoms with Gasteiger partial charge in [0.15, 0.2) is 0 Å². The predicted molar refractivity (Wildman–Crippen MR) is 41.2 cm³/mol. The first kappa shape index (κ1) is 10.9. The van der Waals surface area contributed by atoms with Gasteiger partial charge in [0.2, 0.25) is 0 Å². The van der Waals surface area contributed by atoms with Gasteiger partial charge in [-0.15, -0.1) is 25.3 Å². The predicted octanol–water partition coefficient (Wildman–Crippen LogP) is 1.35. The molecule has 0 aliphatic heterocycles. The maximum Gasteiger partial charge on any atom is 0.503 e. The van der Waals surface area contributed by atoms with Gasteiger partial charge in [-0.25, -0.2) is 4.79 Å². The zero-order valence-electron chi connectivity index (χ0n) is 3.61. The highest BCUT2D eigenvalue weighted by molar-refractivity contribution is 8.34. The minimum Gasteiger partial charge on any atom is -0.450 e. The second-order valence-electron chi connectivity index (χ2n) is 0.565. The zero-order valence-corrected chi connectivity index (χ0v) is 6.21. The Morgan fingerprint density at radius 2 is 1.38 bits per heavy atom. The maximum atomic E-state index is 8.56. The van der Waals surface area contributed by atoms with E-state index in [0.717, 1.165) is 0 Å². The fourth-order valence-electron chi connectivity index (χ4n) is 0. The van der Waals surface area contributed by atoms with E-state index < -0.39 is 6.16 Å². The van der Waals surface area contributed by atoms with Crippen molar-refractivity contribution >= 4 is 47.2 Å². The average Bonchev–Trinajstić information content (AvgIpc) is 1.25. The lowest BCUT2D eigenvalue weighted by Gasteiger charge is -1.60. The molecule has 0 radical (unpaired) electrons. The van der Waals surface area contributed by atoms with E-state index in [0.29, 0.717) is 3.53 Å². The van der Waals surface area contributed by atoms with Crippen LogP contribution in [0.3, 0.4) is 0 Å². The summed E-state index contributed by atoms with van der Waals surface area (Å²) in [7, 11) is 0. The van der Waals surface area contributed by atoms with Crippen LogP contribution in [-0.2, 0) is 0 Å². The molecule has 0 rings (SSSR count). The van der Waals surface area contributed by atoms with E-state index in [-0.39, 0.29) is 0 Å². The summed E-state index contributed by atoms with van der Waals surface area (Å²) >= 11 is 11.4. The van der Waals surface area contributed by atoms with Crippen LogP contribution in [0.4, 0.5) is 4.79 Å².